The molecular formula is C10H11Cl3. The topological polar surface area (TPSA) is 0 Å². The van der Waals surface area contributed by atoms with Crippen molar-refractivity contribution in [3.8, 4) is 0 Å². The third-order valence-electron chi connectivity index (χ3n) is 1.84. The standard InChI is InChI=1S/C10H11Cl3/c1-2-3-9(12)8-5-4-7(11)6-10(8)13/h4-6,9H,2-3H2,1H3. The highest BCUT2D eigenvalue weighted by Gasteiger charge is 2.10. The van der Waals surface area contributed by atoms with Gasteiger partial charge in [0.25, 0.3) is 0 Å². The van der Waals surface area contributed by atoms with Crippen LogP contribution in [0.3, 0.4) is 0 Å². The molecule has 13 heavy (non-hydrogen) atoms. The van der Waals surface area contributed by atoms with Crippen LogP contribution in [-0.4, -0.2) is 0 Å². The predicted octanol–water partition coefficient (Wildman–Crippen LogP) is 5.07. The van der Waals surface area contributed by atoms with E-state index in [0.717, 1.165) is 18.4 Å². The minimum atomic E-state index is -0.00485. The summed E-state index contributed by atoms with van der Waals surface area (Å²) < 4.78 is 0. The van der Waals surface area contributed by atoms with Crippen LogP contribution < -0.4 is 0 Å². The van der Waals surface area contributed by atoms with Crippen LogP contribution in [0.15, 0.2) is 18.2 Å². The van der Waals surface area contributed by atoms with Crippen molar-refractivity contribution in [1.82, 2.24) is 0 Å². The maximum atomic E-state index is 6.14. The summed E-state index contributed by atoms with van der Waals surface area (Å²) in [6, 6.07) is 5.43. The second-order valence-corrected chi connectivity index (χ2v) is 4.29. The van der Waals surface area contributed by atoms with Crippen LogP contribution in [0.2, 0.25) is 10.0 Å². The van der Waals surface area contributed by atoms with Crippen LogP contribution in [0.1, 0.15) is 30.7 Å². The molecule has 0 bridgehead atoms. The Morgan fingerprint density at radius 3 is 2.54 bits per heavy atom. The van der Waals surface area contributed by atoms with E-state index in [-0.39, 0.29) is 5.38 Å². The highest BCUT2D eigenvalue weighted by Crippen LogP contribution is 2.32. The molecule has 72 valence electrons. The Morgan fingerprint density at radius 2 is 2.00 bits per heavy atom. The minimum Gasteiger partial charge on any atom is -0.118 e. The Bertz CT molecular complexity index is 283. The fourth-order valence-corrected chi connectivity index (χ4v) is 2.17. The Hall–Kier alpha value is 0.0900. The third-order valence-corrected chi connectivity index (χ3v) is 2.86. The molecule has 0 aliphatic carbocycles. The van der Waals surface area contributed by atoms with Gasteiger partial charge in [-0.1, -0.05) is 42.6 Å². The molecule has 1 unspecified atom stereocenters. The summed E-state index contributed by atoms with van der Waals surface area (Å²) in [5.41, 5.74) is 0.967. The van der Waals surface area contributed by atoms with Crippen LogP contribution in [0, 0.1) is 0 Å². The van der Waals surface area contributed by atoms with E-state index < -0.39 is 0 Å². The normalized spacial score (nSPS) is 12.9. The van der Waals surface area contributed by atoms with Crippen molar-refractivity contribution in [1.29, 1.82) is 0 Å². The van der Waals surface area contributed by atoms with E-state index in [1.165, 1.54) is 0 Å². The van der Waals surface area contributed by atoms with Crippen LogP contribution in [-0.2, 0) is 0 Å². The van der Waals surface area contributed by atoms with Gasteiger partial charge in [-0.15, -0.1) is 11.6 Å². The quantitative estimate of drug-likeness (QED) is 0.644. The fourth-order valence-electron chi connectivity index (χ4n) is 1.16. The Labute approximate surface area is 93.8 Å². The molecule has 0 aliphatic heterocycles. The third kappa shape index (κ3) is 3.05. The lowest BCUT2D eigenvalue weighted by Gasteiger charge is -2.10. The molecule has 0 amide bonds. The average Bonchev–Trinajstić information content (AvgIpc) is 2.04. The van der Waals surface area contributed by atoms with Crippen molar-refractivity contribution in [2.45, 2.75) is 25.1 Å². The molecule has 0 radical (unpaired) electrons. The van der Waals surface area contributed by atoms with Gasteiger partial charge < -0.3 is 0 Å². The highest BCUT2D eigenvalue weighted by atomic mass is 35.5. The van der Waals surface area contributed by atoms with Gasteiger partial charge in [0, 0.05) is 10.0 Å². The largest absolute Gasteiger partial charge is 0.118 e. The second kappa shape index (κ2) is 5.09. The monoisotopic (exact) mass is 236 g/mol. The molecule has 0 N–H and O–H groups in total. The molecule has 0 fully saturated rings. The van der Waals surface area contributed by atoms with Crippen molar-refractivity contribution in [3.05, 3.63) is 33.8 Å². The zero-order valence-electron chi connectivity index (χ0n) is 7.36. The molecule has 0 aromatic heterocycles. The van der Waals surface area contributed by atoms with Crippen LogP contribution >= 0.6 is 34.8 Å². The molecule has 0 nitrogen and oxygen atoms in total. The van der Waals surface area contributed by atoms with Gasteiger partial charge in [-0.25, -0.2) is 0 Å². The van der Waals surface area contributed by atoms with Gasteiger partial charge in [0.2, 0.25) is 0 Å². The summed E-state index contributed by atoms with van der Waals surface area (Å²) >= 11 is 17.9. The molecule has 3 heteroatoms. The Morgan fingerprint density at radius 1 is 1.31 bits per heavy atom. The molecule has 0 heterocycles. The van der Waals surface area contributed by atoms with Gasteiger partial charge in [-0.3, -0.25) is 0 Å². The molecular weight excluding hydrogens is 226 g/mol. The zero-order chi connectivity index (χ0) is 9.84. The first kappa shape index (κ1) is 11.2. The lowest BCUT2D eigenvalue weighted by Crippen LogP contribution is -1.90. The molecule has 1 aromatic carbocycles. The predicted molar refractivity (Wildman–Crippen MR) is 60.0 cm³/mol. The molecule has 1 atom stereocenters. The maximum Gasteiger partial charge on any atom is 0.0599 e. The molecule has 0 saturated carbocycles. The Balaban J connectivity index is 2.88. The molecule has 0 spiro atoms. The molecule has 1 rings (SSSR count). The van der Waals surface area contributed by atoms with Crippen molar-refractivity contribution in [2.24, 2.45) is 0 Å². The van der Waals surface area contributed by atoms with Gasteiger partial charge in [-0.2, -0.15) is 0 Å². The van der Waals surface area contributed by atoms with E-state index >= 15 is 0 Å². The number of benzene rings is 1. The number of hydrogen-bond acceptors (Lipinski definition) is 0. The summed E-state index contributed by atoms with van der Waals surface area (Å²) in [5, 5.41) is 1.30. The van der Waals surface area contributed by atoms with Crippen LogP contribution in [0.25, 0.3) is 0 Å². The SMILES string of the molecule is CCCC(Cl)c1ccc(Cl)cc1Cl. The van der Waals surface area contributed by atoms with E-state index in [4.69, 9.17) is 34.8 Å². The van der Waals surface area contributed by atoms with E-state index in [0.29, 0.717) is 10.0 Å². The van der Waals surface area contributed by atoms with Crippen molar-refractivity contribution >= 4 is 34.8 Å². The summed E-state index contributed by atoms with van der Waals surface area (Å²) in [6.45, 7) is 2.10. The lowest BCUT2D eigenvalue weighted by molar-refractivity contribution is 0.770. The summed E-state index contributed by atoms with van der Waals surface area (Å²) in [5.74, 6) is 0. The maximum absolute atomic E-state index is 6.14. The Kier molecular flexibility index (Phi) is 4.37. The first-order chi connectivity index (χ1) is 6.15. The lowest BCUT2D eigenvalue weighted by atomic mass is 10.1. The van der Waals surface area contributed by atoms with Gasteiger partial charge in [0.05, 0.1) is 5.38 Å². The summed E-state index contributed by atoms with van der Waals surface area (Å²) in [7, 11) is 0. The first-order valence-electron chi connectivity index (χ1n) is 4.24. The summed E-state index contributed by atoms with van der Waals surface area (Å²) in [4.78, 5) is 0. The first-order valence-corrected chi connectivity index (χ1v) is 5.43. The van der Waals surface area contributed by atoms with Crippen LogP contribution in [0.4, 0.5) is 0 Å². The number of halogens is 3. The van der Waals surface area contributed by atoms with Gasteiger partial charge in [-0.05, 0) is 24.1 Å². The van der Waals surface area contributed by atoms with Gasteiger partial charge in [0.15, 0.2) is 0 Å². The molecule has 0 aliphatic rings. The van der Waals surface area contributed by atoms with Crippen molar-refractivity contribution < 1.29 is 0 Å². The number of alkyl halides is 1. The van der Waals surface area contributed by atoms with Crippen molar-refractivity contribution in [3.63, 3.8) is 0 Å². The van der Waals surface area contributed by atoms with Gasteiger partial charge >= 0.3 is 0 Å². The number of hydrogen-bond donors (Lipinski definition) is 0. The zero-order valence-corrected chi connectivity index (χ0v) is 9.63. The summed E-state index contributed by atoms with van der Waals surface area (Å²) in [6.07, 6.45) is 1.98. The molecule has 1 aromatic rings. The van der Waals surface area contributed by atoms with E-state index in [9.17, 15) is 0 Å². The van der Waals surface area contributed by atoms with E-state index in [1.54, 1.807) is 6.07 Å². The van der Waals surface area contributed by atoms with E-state index in [2.05, 4.69) is 6.92 Å². The highest BCUT2D eigenvalue weighted by molar-refractivity contribution is 6.35. The van der Waals surface area contributed by atoms with Crippen molar-refractivity contribution in [2.75, 3.05) is 0 Å². The average molecular weight is 238 g/mol. The number of rotatable bonds is 3. The van der Waals surface area contributed by atoms with Gasteiger partial charge in [0.1, 0.15) is 0 Å². The van der Waals surface area contributed by atoms with Crippen LogP contribution in [0.5, 0.6) is 0 Å². The second-order valence-electron chi connectivity index (χ2n) is 2.92. The van der Waals surface area contributed by atoms with E-state index in [1.807, 2.05) is 12.1 Å². The molecule has 0 saturated heterocycles. The smallest absolute Gasteiger partial charge is 0.0599 e. The minimum absolute atomic E-state index is 0.00485. The fraction of sp³-hybridized carbons (Fsp3) is 0.400.